The maximum absolute atomic E-state index is 12.6. The van der Waals surface area contributed by atoms with E-state index in [0.717, 1.165) is 6.33 Å². The molecule has 2 unspecified atom stereocenters. The van der Waals surface area contributed by atoms with E-state index in [-0.39, 0.29) is 29.1 Å². The molecule has 5 rings (SSSR count). The zero-order valence-electron chi connectivity index (χ0n) is 23.8. The quantitative estimate of drug-likeness (QED) is 0.0352. The van der Waals surface area contributed by atoms with Crippen molar-refractivity contribution in [2.75, 3.05) is 25.5 Å². The summed E-state index contributed by atoms with van der Waals surface area (Å²) in [6.45, 7) is -2.05. The molecule has 3 aromatic rings. The van der Waals surface area contributed by atoms with E-state index in [4.69, 9.17) is 35.5 Å². The van der Waals surface area contributed by atoms with Crippen LogP contribution >= 0.6 is 15.6 Å². The molecular weight excluding hydrogens is 674 g/mol. The lowest BCUT2D eigenvalue weighted by Gasteiger charge is -2.20. The first kappa shape index (κ1) is 34.7. The second-order valence-electron chi connectivity index (χ2n) is 10.3. The average Bonchev–Trinajstić information content (AvgIpc) is 3.67. The van der Waals surface area contributed by atoms with Gasteiger partial charge in [-0.05, 0) is 11.6 Å². The molecule has 3 aromatic heterocycles. The summed E-state index contributed by atoms with van der Waals surface area (Å²) in [5.74, 6) is -1.64. The van der Waals surface area contributed by atoms with Crippen molar-refractivity contribution in [3.63, 3.8) is 0 Å². The number of nitrogen functional groups attached to an aromatic ring is 1. The Morgan fingerprint density at radius 1 is 1.09 bits per heavy atom. The van der Waals surface area contributed by atoms with E-state index in [1.807, 2.05) is 0 Å². The Labute approximate surface area is 263 Å². The number of nitrogens with two attached hydrogens (primary N) is 2. The Morgan fingerprint density at radius 2 is 1.77 bits per heavy atom. The van der Waals surface area contributed by atoms with Crippen molar-refractivity contribution in [3.05, 3.63) is 53.2 Å². The minimum absolute atomic E-state index is 0.0476. The molecule has 0 radical (unpaired) electrons. The SMILES string of the molecule is [N-]=[N+]=NC[C@@H]1[C@H](O)[C@@H](COP(=O)(O)OP(=O)(O)OC[C@H]2O[C@@H](n3cnc4c(N)ncnc43)[C@H](O)[C@@H]2O)O[C@H]1[n+]1cccc(C(N)=O)c1. The number of ether oxygens (including phenoxy) is 2. The predicted octanol–water partition coefficient (Wildman–Crippen LogP) is -1.45. The number of aromatic nitrogens is 5. The van der Waals surface area contributed by atoms with Gasteiger partial charge in [-0.1, -0.05) is 5.11 Å². The summed E-state index contributed by atoms with van der Waals surface area (Å²) in [4.78, 5) is 46.4. The van der Waals surface area contributed by atoms with Crippen LogP contribution in [0.4, 0.5) is 5.82 Å². The number of carbonyl (C=O) groups excluding carboxylic acids is 1. The number of phosphoric ester groups is 2. The maximum Gasteiger partial charge on any atom is 0.481 e. The zero-order chi connectivity index (χ0) is 34.1. The van der Waals surface area contributed by atoms with E-state index < -0.39 is 83.7 Å². The first-order chi connectivity index (χ1) is 22.2. The topological polar surface area (TPSA) is 347 Å². The molecule has 9 N–H and O–H groups in total. The van der Waals surface area contributed by atoms with E-state index in [9.17, 15) is 39.0 Å². The van der Waals surface area contributed by atoms with Crippen molar-refractivity contribution >= 4 is 38.5 Å². The van der Waals surface area contributed by atoms with Crippen LogP contribution in [0.15, 0.2) is 42.3 Å². The molecule has 2 fully saturated rings. The lowest BCUT2D eigenvalue weighted by Crippen LogP contribution is -2.44. The molecule has 25 heteroatoms. The maximum atomic E-state index is 12.6. The fourth-order valence-electron chi connectivity index (χ4n) is 5.03. The van der Waals surface area contributed by atoms with Gasteiger partial charge in [0, 0.05) is 17.5 Å². The van der Waals surface area contributed by atoms with Crippen LogP contribution in [0.5, 0.6) is 0 Å². The summed E-state index contributed by atoms with van der Waals surface area (Å²) < 4.78 is 52.9. The molecular formula is C22H29N10O13P2+. The normalized spacial score (nSPS) is 30.1. The molecule has 0 bridgehead atoms. The Balaban J connectivity index is 1.19. The highest BCUT2D eigenvalue weighted by molar-refractivity contribution is 7.61. The van der Waals surface area contributed by atoms with E-state index in [0.29, 0.717) is 0 Å². The summed E-state index contributed by atoms with van der Waals surface area (Å²) in [6, 6.07) is 2.90. The highest BCUT2D eigenvalue weighted by atomic mass is 31.3. The van der Waals surface area contributed by atoms with Crippen LogP contribution in [0, 0.1) is 5.92 Å². The number of hydrogen-bond donors (Lipinski definition) is 7. The molecule has 254 valence electrons. The van der Waals surface area contributed by atoms with Gasteiger partial charge < -0.3 is 46.0 Å². The lowest BCUT2D eigenvalue weighted by molar-refractivity contribution is -0.765. The fraction of sp³-hybridized carbons (Fsp3) is 0.500. The van der Waals surface area contributed by atoms with Crippen LogP contribution in [0.2, 0.25) is 0 Å². The molecule has 2 saturated heterocycles. The van der Waals surface area contributed by atoms with Crippen LogP contribution in [-0.4, -0.2) is 101 Å². The second-order valence-corrected chi connectivity index (χ2v) is 13.3. The number of carbonyl (C=O) groups is 1. The van der Waals surface area contributed by atoms with Crippen molar-refractivity contribution in [2.45, 2.75) is 43.0 Å². The first-order valence-corrected chi connectivity index (χ1v) is 16.5. The molecule has 0 saturated carbocycles. The van der Waals surface area contributed by atoms with Crippen LogP contribution in [0.3, 0.4) is 0 Å². The summed E-state index contributed by atoms with van der Waals surface area (Å²) in [6.07, 6.45) is -4.69. The van der Waals surface area contributed by atoms with Gasteiger partial charge in [0.25, 0.3) is 12.1 Å². The van der Waals surface area contributed by atoms with Gasteiger partial charge in [0.15, 0.2) is 30.1 Å². The minimum Gasteiger partial charge on any atom is -0.390 e. The molecule has 2 aliphatic heterocycles. The molecule has 0 aliphatic carbocycles. The van der Waals surface area contributed by atoms with Gasteiger partial charge in [0.1, 0.15) is 41.8 Å². The molecule has 10 atom stereocenters. The predicted molar refractivity (Wildman–Crippen MR) is 151 cm³/mol. The molecule has 23 nitrogen and oxygen atoms in total. The van der Waals surface area contributed by atoms with Crippen LogP contribution in [0.1, 0.15) is 22.8 Å². The first-order valence-electron chi connectivity index (χ1n) is 13.5. The lowest BCUT2D eigenvalue weighted by atomic mass is 10.00. The van der Waals surface area contributed by atoms with Crippen molar-refractivity contribution in [1.29, 1.82) is 0 Å². The number of aliphatic hydroxyl groups is 3. The Morgan fingerprint density at radius 3 is 2.43 bits per heavy atom. The van der Waals surface area contributed by atoms with Gasteiger partial charge in [0.2, 0.25) is 0 Å². The number of amides is 1. The van der Waals surface area contributed by atoms with Gasteiger partial charge in [-0.25, -0.2) is 24.1 Å². The number of fused-ring (bicyclic) bond motifs is 1. The van der Waals surface area contributed by atoms with Crippen molar-refractivity contribution in [2.24, 2.45) is 16.8 Å². The summed E-state index contributed by atoms with van der Waals surface area (Å²) >= 11 is 0. The molecule has 47 heavy (non-hydrogen) atoms. The third-order valence-electron chi connectivity index (χ3n) is 7.26. The van der Waals surface area contributed by atoms with E-state index in [1.165, 1.54) is 40.0 Å². The third kappa shape index (κ3) is 7.58. The highest BCUT2D eigenvalue weighted by Gasteiger charge is 2.50. The number of nitrogens with zero attached hydrogens (tertiary/aromatic N) is 8. The van der Waals surface area contributed by atoms with Gasteiger partial charge in [-0.15, -0.1) is 0 Å². The Kier molecular flexibility index (Phi) is 10.2. The summed E-state index contributed by atoms with van der Waals surface area (Å²) in [7, 11) is -10.8. The molecule has 1 amide bonds. The number of pyridine rings is 1. The largest absolute Gasteiger partial charge is 0.481 e. The van der Waals surface area contributed by atoms with Crippen molar-refractivity contribution in [3.8, 4) is 0 Å². The van der Waals surface area contributed by atoms with Crippen LogP contribution < -0.4 is 16.0 Å². The second kappa shape index (κ2) is 13.8. The van der Waals surface area contributed by atoms with Crippen LogP contribution in [-0.2, 0) is 32.0 Å². The molecule has 0 spiro atoms. The minimum atomic E-state index is -5.39. The van der Waals surface area contributed by atoms with Crippen LogP contribution in [0.25, 0.3) is 21.6 Å². The van der Waals surface area contributed by atoms with E-state index >= 15 is 0 Å². The smallest absolute Gasteiger partial charge is 0.390 e. The van der Waals surface area contributed by atoms with Gasteiger partial charge in [0.05, 0.1) is 31.6 Å². The number of imidazole rings is 1. The van der Waals surface area contributed by atoms with Gasteiger partial charge >= 0.3 is 15.6 Å². The summed E-state index contributed by atoms with van der Waals surface area (Å²) in [5, 5.41) is 35.3. The Hall–Kier alpha value is -3.66. The number of hydrogen-bond acceptors (Lipinski definition) is 16. The number of anilines is 1. The van der Waals surface area contributed by atoms with E-state index in [1.54, 1.807) is 0 Å². The number of azide groups is 1. The molecule has 0 aromatic carbocycles. The molecule has 5 heterocycles. The van der Waals surface area contributed by atoms with Gasteiger partial charge in [-0.3, -0.25) is 18.4 Å². The van der Waals surface area contributed by atoms with E-state index in [2.05, 4.69) is 29.3 Å². The Bertz CT molecular complexity index is 1780. The number of aliphatic hydroxyl groups excluding tert-OH is 3. The van der Waals surface area contributed by atoms with Crippen molar-refractivity contribution < 1.29 is 66.4 Å². The van der Waals surface area contributed by atoms with Crippen molar-refractivity contribution in [1.82, 2.24) is 19.5 Å². The number of phosphoric acid groups is 2. The highest BCUT2D eigenvalue weighted by Crippen LogP contribution is 2.60. The molecule has 2 aliphatic rings. The van der Waals surface area contributed by atoms with Gasteiger partial charge in [-0.2, -0.15) is 8.88 Å². The number of primary amides is 1. The monoisotopic (exact) mass is 703 g/mol. The number of rotatable bonds is 13. The standard InChI is InChI=1S/C22H28N10O13P2/c23-18-14-20(27-8-26-18)32(9-28-14)22-17(35)16(34)13(44-22)7-42-47(39,40)45-46(37,38)41-6-12-15(33)11(4-29-30-25)21(43-12)31-3-1-2-10(5-31)19(24)36/h1-3,5,8-9,11-13,15-17,21-22,33-35H,4,6-7H2,(H5-,23,24,26,27,36,37,38,39,40)/p+1/t11-,12-,13-,15+,16-,17-,21-,22-/m1/s1. The summed E-state index contributed by atoms with van der Waals surface area (Å²) in [5.41, 5.74) is 20.3. The third-order valence-corrected chi connectivity index (χ3v) is 9.87. The fourth-order valence-corrected chi connectivity index (χ4v) is 7.12. The average molecular weight is 703 g/mol. The zero-order valence-corrected chi connectivity index (χ0v) is 25.6.